The van der Waals surface area contributed by atoms with Gasteiger partial charge < -0.3 is 14.5 Å². The minimum atomic E-state index is -2.86. The number of aromatic amines is 1. The highest BCUT2D eigenvalue weighted by Gasteiger charge is 2.12. The van der Waals surface area contributed by atoms with Gasteiger partial charge in [0.15, 0.2) is 0 Å². The van der Waals surface area contributed by atoms with Crippen LogP contribution in [0.3, 0.4) is 0 Å². The quantitative estimate of drug-likeness (QED) is 0.630. The molecule has 0 aliphatic heterocycles. The van der Waals surface area contributed by atoms with Crippen LogP contribution in [-0.2, 0) is 6.61 Å². The SMILES string of the molecule is CC1CC1.O=c1cc(OCc2ccc(OC(F)F)cc2)nc(-c2ccccc2)[nH]1. The van der Waals surface area contributed by atoms with Gasteiger partial charge in [0.2, 0.25) is 5.88 Å². The molecule has 29 heavy (non-hydrogen) atoms. The first-order chi connectivity index (χ1) is 14.0. The predicted molar refractivity (Wildman–Crippen MR) is 106 cm³/mol. The second kappa shape index (κ2) is 9.82. The van der Waals surface area contributed by atoms with Crippen molar-refractivity contribution in [2.75, 3.05) is 0 Å². The highest BCUT2D eigenvalue weighted by molar-refractivity contribution is 5.54. The zero-order chi connectivity index (χ0) is 20.6. The second-order valence-electron chi connectivity index (χ2n) is 6.79. The maximum atomic E-state index is 12.1. The van der Waals surface area contributed by atoms with E-state index in [-0.39, 0.29) is 23.8 Å². The summed E-state index contributed by atoms with van der Waals surface area (Å²) in [5.41, 5.74) is 1.16. The summed E-state index contributed by atoms with van der Waals surface area (Å²) in [5.74, 6) is 1.73. The van der Waals surface area contributed by atoms with Crippen molar-refractivity contribution in [2.24, 2.45) is 5.92 Å². The molecular weight excluding hydrogens is 378 g/mol. The van der Waals surface area contributed by atoms with Gasteiger partial charge in [0, 0.05) is 5.56 Å². The third-order valence-corrected chi connectivity index (χ3v) is 4.17. The molecule has 1 aliphatic rings. The molecule has 1 aromatic heterocycles. The highest BCUT2D eigenvalue weighted by Crippen LogP contribution is 2.26. The van der Waals surface area contributed by atoms with Crippen molar-refractivity contribution < 1.29 is 18.3 Å². The Morgan fingerprint density at radius 3 is 2.34 bits per heavy atom. The van der Waals surface area contributed by atoms with Gasteiger partial charge in [-0.25, -0.2) is 0 Å². The van der Waals surface area contributed by atoms with Crippen molar-refractivity contribution in [1.82, 2.24) is 9.97 Å². The number of halogens is 2. The van der Waals surface area contributed by atoms with E-state index in [4.69, 9.17) is 4.74 Å². The van der Waals surface area contributed by atoms with Crippen LogP contribution in [-0.4, -0.2) is 16.6 Å². The smallest absolute Gasteiger partial charge is 0.387 e. The molecule has 1 N–H and O–H groups in total. The molecule has 7 heteroatoms. The standard InChI is InChI=1S/C18H14F2N2O3.C4H8/c19-18(20)25-14-8-6-12(7-9-14)11-24-16-10-15(23)21-17(22-16)13-4-2-1-3-5-13;1-4-2-3-4/h1-10,18H,11H2,(H,21,22,23);4H,2-3H2,1H3. The van der Waals surface area contributed by atoms with Gasteiger partial charge in [-0.15, -0.1) is 0 Å². The van der Waals surface area contributed by atoms with Gasteiger partial charge in [-0.1, -0.05) is 62.2 Å². The molecule has 2 aromatic carbocycles. The van der Waals surface area contributed by atoms with Crippen LogP contribution in [0.4, 0.5) is 8.78 Å². The van der Waals surface area contributed by atoms with Gasteiger partial charge in [0.25, 0.3) is 5.56 Å². The molecule has 0 bridgehead atoms. The first-order valence-electron chi connectivity index (χ1n) is 9.33. The van der Waals surface area contributed by atoms with Crippen molar-refractivity contribution in [3.8, 4) is 23.0 Å². The number of nitrogens with one attached hydrogen (secondary N) is 1. The van der Waals surface area contributed by atoms with Crippen LogP contribution in [0.15, 0.2) is 65.5 Å². The molecule has 0 radical (unpaired) electrons. The fraction of sp³-hybridized carbons (Fsp3) is 0.273. The lowest BCUT2D eigenvalue weighted by Gasteiger charge is -2.08. The number of ether oxygens (including phenoxy) is 2. The zero-order valence-corrected chi connectivity index (χ0v) is 16.0. The summed E-state index contributed by atoms with van der Waals surface area (Å²) in [7, 11) is 0. The third kappa shape index (κ3) is 7.03. The minimum Gasteiger partial charge on any atom is -0.473 e. The number of aromatic nitrogens is 2. The van der Waals surface area contributed by atoms with Crippen molar-refractivity contribution in [3.63, 3.8) is 0 Å². The molecule has 0 amide bonds. The van der Waals surface area contributed by atoms with E-state index in [0.717, 1.165) is 17.0 Å². The molecule has 0 spiro atoms. The molecule has 0 saturated heterocycles. The Bertz CT molecular complexity index is 956. The fourth-order valence-corrected chi connectivity index (χ4v) is 2.33. The third-order valence-electron chi connectivity index (χ3n) is 4.17. The Hall–Kier alpha value is -3.22. The topological polar surface area (TPSA) is 64.2 Å². The Morgan fingerprint density at radius 1 is 1.10 bits per heavy atom. The lowest BCUT2D eigenvalue weighted by Crippen LogP contribution is -2.10. The molecule has 3 aromatic rings. The predicted octanol–water partition coefficient (Wildman–Crippen LogP) is 5.03. The summed E-state index contributed by atoms with van der Waals surface area (Å²) in [5, 5.41) is 0. The molecule has 0 atom stereocenters. The maximum absolute atomic E-state index is 12.1. The van der Waals surface area contributed by atoms with E-state index in [1.54, 1.807) is 12.1 Å². The summed E-state index contributed by atoms with van der Waals surface area (Å²) in [6.07, 6.45) is 2.97. The number of rotatable bonds is 6. The molecule has 5 nitrogen and oxygen atoms in total. The van der Waals surface area contributed by atoms with Crippen molar-refractivity contribution in [2.45, 2.75) is 33.0 Å². The van der Waals surface area contributed by atoms with Crippen LogP contribution in [0, 0.1) is 5.92 Å². The van der Waals surface area contributed by atoms with Gasteiger partial charge in [0.05, 0.1) is 6.07 Å². The number of nitrogens with zero attached hydrogens (tertiary/aromatic N) is 1. The van der Waals surface area contributed by atoms with Crippen LogP contribution in [0.25, 0.3) is 11.4 Å². The fourth-order valence-electron chi connectivity index (χ4n) is 2.33. The van der Waals surface area contributed by atoms with Gasteiger partial charge in [0.1, 0.15) is 18.2 Å². The molecule has 1 aliphatic carbocycles. The maximum Gasteiger partial charge on any atom is 0.387 e. The number of H-pyrrole nitrogens is 1. The monoisotopic (exact) mass is 400 g/mol. The summed E-state index contributed by atoms with van der Waals surface area (Å²) >= 11 is 0. The number of benzene rings is 2. The first kappa shape index (κ1) is 20.5. The molecular formula is C22H22F2N2O3. The van der Waals surface area contributed by atoms with Gasteiger partial charge in [-0.05, 0) is 23.6 Å². The lowest BCUT2D eigenvalue weighted by molar-refractivity contribution is -0.0498. The molecule has 1 heterocycles. The molecule has 0 unspecified atom stereocenters. The van der Waals surface area contributed by atoms with Crippen LogP contribution in [0.1, 0.15) is 25.3 Å². The van der Waals surface area contributed by atoms with Crippen molar-refractivity contribution in [3.05, 3.63) is 76.6 Å². The highest BCUT2D eigenvalue weighted by atomic mass is 19.3. The average molecular weight is 400 g/mol. The molecule has 4 rings (SSSR count). The normalized spacial score (nSPS) is 12.8. The van der Waals surface area contributed by atoms with E-state index in [1.165, 1.54) is 31.0 Å². The van der Waals surface area contributed by atoms with E-state index in [9.17, 15) is 13.6 Å². The average Bonchev–Trinajstić information content (AvgIpc) is 3.50. The van der Waals surface area contributed by atoms with E-state index in [0.29, 0.717) is 5.82 Å². The molecule has 1 saturated carbocycles. The van der Waals surface area contributed by atoms with Crippen LogP contribution in [0.2, 0.25) is 0 Å². The van der Waals surface area contributed by atoms with E-state index in [1.807, 2.05) is 30.3 Å². The van der Waals surface area contributed by atoms with E-state index >= 15 is 0 Å². The summed E-state index contributed by atoms with van der Waals surface area (Å²) < 4.78 is 34.1. The number of hydrogen-bond acceptors (Lipinski definition) is 4. The summed E-state index contributed by atoms with van der Waals surface area (Å²) in [6.45, 7) is -0.446. The molecule has 152 valence electrons. The Kier molecular flexibility index (Phi) is 6.94. The zero-order valence-electron chi connectivity index (χ0n) is 16.0. The van der Waals surface area contributed by atoms with Crippen molar-refractivity contribution >= 4 is 0 Å². The van der Waals surface area contributed by atoms with Gasteiger partial charge >= 0.3 is 6.61 Å². The Balaban J connectivity index is 0.000000536. The summed E-state index contributed by atoms with van der Waals surface area (Å²) in [4.78, 5) is 18.7. The van der Waals surface area contributed by atoms with Crippen LogP contribution in [0.5, 0.6) is 11.6 Å². The summed E-state index contributed by atoms with van der Waals surface area (Å²) in [6, 6.07) is 16.5. The van der Waals surface area contributed by atoms with E-state index in [2.05, 4.69) is 21.6 Å². The van der Waals surface area contributed by atoms with E-state index < -0.39 is 6.61 Å². The van der Waals surface area contributed by atoms with Crippen molar-refractivity contribution in [1.29, 1.82) is 0 Å². The minimum absolute atomic E-state index is 0.0689. The van der Waals surface area contributed by atoms with Gasteiger partial charge in [-0.3, -0.25) is 4.79 Å². The number of hydrogen-bond donors (Lipinski definition) is 1. The lowest BCUT2D eigenvalue weighted by atomic mass is 10.2. The largest absolute Gasteiger partial charge is 0.473 e. The number of alkyl halides is 2. The molecule has 1 fully saturated rings. The first-order valence-corrected chi connectivity index (χ1v) is 9.33. The second-order valence-corrected chi connectivity index (χ2v) is 6.79. The Morgan fingerprint density at radius 2 is 1.76 bits per heavy atom. The van der Waals surface area contributed by atoms with Gasteiger partial charge in [-0.2, -0.15) is 13.8 Å². The van der Waals surface area contributed by atoms with Crippen LogP contribution >= 0.6 is 0 Å². The van der Waals surface area contributed by atoms with Crippen LogP contribution < -0.4 is 15.0 Å². The Labute approximate surface area is 167 Å².